The van der Waals surface area contributed by atoms with Crippen LogP contribution in [-0.2, 0) is 13.5 Å². The number of aromatic nitrogens is 2. The minimum absolute atomic E-state index is 0.121. The summed E-state index contributed by atoms with van der Waals surface area (Å²) in [7, 11) is 1.93. The second kappa shape index (κ2) is 4.14. The minimum Gasteiger partial charge on any atom is -0.493 e. The van der Waals surface area contributed by atoms with Gasteiger partial charge in [-0.25, -0.2) is 0 Å². The summed E-state index contributed by atoms with van der Waals surface area (Å²) in [5, 5.41) is 4.25. The summed E-state index contributed by atoms with van der Waals surface area (Å²) < 4.78 is 7.36. The Bertz CT molecular complexity index is 589. The van der Waals surface area contributed by atoms with Crippen molar-refractivity contribution in [2.45, 2.75) is 19.4 Å². The zero-order chi connectivity index (χ0) is 12.7. The maximum absolute atomic E-state index is 6.33. The molecule has 4 heteroatoms. The third kappa shape index (κ3) is 1.69. The molecule has 18 heavy (non-hydrogen) atoms. The highest BCUT2D eigenvalue weighted by Crippen LogP contribution is 2.30. The topological polar surface area (TPSA) is 53.1 Å². The molecule has 1 aliphatic heterocycles. The molecule has 1 aromatic carbocycles. The molecule has 4 nitrogen and oxygen atoms in total. The van der Waals surface area contributed by atoms with Crippen molar-refractivity contribution in [1.29, 1.82) is 0 Å². The van der Waals surface area contributed by atoms with E-state index >= 15 is 0 Å². The molecule has 0 saturated heterocycles. The smallest absolute Gasteiger partial charge is 0.122 e. The lowest BCUT2D eigenvalue weighted by atomic mass is 9.98. The van der Waals surface area contributed by atoms with Gasteiger partial charge in [0.25, 0.3) is 0 Å². The van der Waals surface area contributed by atoms with Gasteiger partial charge in [-0.2, -0.15) is 5.10 Å². The van der Waals surface area contributed by atoms with Gasteiger partial charge in [-0.3, -0.25) is 4.68 Å². The SMILES string of the molecule is Cc1c(C(N)c2ccc3c(c2)CCO3)cnn1C. The molecule has 0 fully saturated rings. The molecule has 2 N–H and O–H groups in total. The van der Waals surface area contributed by atoms with Gasteiger partial charge in [0.2, 0.25) is 0 Å². The lowest BCUT2D eigenvalue weighted by Gasteiger charge is -2.13. The number of hydrogen-bond acceptors (Lipinski definition) is 3. The molecule has 1 aliphatic rings. The summed E-state index contributed by atoms with van der Waals surface area (Å²) in [4.78, 5) is 0. The largest absolute Gasteiger partial charge is 0.493 e. The first kappa shape index (κ1) is 11.3. The summed E-state index contributed by atoms with van der Waals surface area (Å²) in [6.45, 7) is 2.82. The van der Waals surface area contributed by atoms with Crippen molar-refractivity contribution in [3.63, 3.8) is 0 Å². The van der Waals surface area contributed by atoms with Gasteiger partial charge in [0.1, 0.15) is 5.75 Å². The number of nitrogens with two attached hydrogens (primary N) is 1. The van der Waals surface area contributed by atoms with Crippen LogP contribution in [0.5, 0.6) is 5.75 Å². The first-order valence-electron chi connectivity index (χ1n) is 6.16. The maximum Gasteiger partial charge on any atom is 0.122 e. The molecular weight excluding hydrogens is 226 g/mol. The molecule has 0 bridgehead atoms. The number of fused-ring (bicyclic) bond motifs is 1. The third-order valence-electron chi connectivity index (χ3n) is 3.68. The number of aryl methyl sites for hydroxylation is 1. The van der Waals surface area contributed by atoms with Crippen LogP contribution >= 0.6 is 0 Å². The van der Waals surface area contributed by atoms with Gasteiger partial charge in [-0.15, -0.1) is 0 Å². The van der Waals surface area contributed by atoms with E-state index in [1.807, 2.05) is 37.0 Å². The fraction of sp³-hybridized carbons (Fsp3) is 0.357. The molecule has 1 aromatic heterocycles. The van der Waals surface area contributed by atoms with Gasteiger partial charge < -0.3 is 10.5 Å². The lowest BCUT2D eigenvalue weighted by Crippen LogP contribution is -2.13. The molecule has 1 atom stereocenters. The van der Waals surface area contributed by atoms with Crippen molar-refractivity contribution >= 4 is 0 Å². The van der Waals surface area contributed by atoms with Crippen LogP contribution in [0.2, 0.25) is 0 Å². The van der Waals surface area contributed by atoms with Crippen LogP contribution in [0.4, 0.5) is 0 Å². The van der Waals surface area contributed by atoms with E-state index in [1.54, 1.807) is 0 Å². The Morgan fingerprint density at radius 2 is 2.28 bits per heavy atom. The Labute approximate surface area is 106 Å². The van der Waals surface area contributed by atoms with Crippen LogP contribution in [0.3, 0.4) is 0 Å². The number of benzene rings is 1. The molecule has 1 unspecified atom stereocenters. The quantitative estimate of drug-likeness (QED) is 0.873. The molecule has 0 radical (unpaired) electrons. The predicted octanol–water partition coefficient (Wildman–Crippen LogP) is 1.71. The van der Waals surface area contributed by atoms with E-state index in [-0.39, 0.29) is 6.04 Å². The fourth-order valence-corrected chi connectivity index (χ4v) is 2.40. The van der Waals surface area contributed by atoms with Gasteiger partial charge in [0.15, 0.2) is 0 Å². The Hall–Kier alpha value is -1.81. The molecule has 0 aliphatic carbocycles. The van der Waals surface area contributed by atoms with Crippen molar-refractivity contribution in [1.82, 2.24) is 9.78 Å². The second-order valence-electron chi connectivity index (χ2n) is 4.75. The van der Waals surface area contributed by atoms with Gasteiger partial charge >= 0.3 is 0 Å². The Balaban J connectivity index is 1.97. The molecule has 2 aromatic rings. The van der Waals surface area contributed by atoms with E-state index in [0.717, 1.165) is 35.6 Å². The van der Waals surface area contributed by atoms with Crippen LogP contribution in [0, 0.1) is 6.92 Å². The lowest BCUT2D eigenvalue weighted by molar-refractivity contribution is 0.357. The van der Waals surface area contributed by atoms with E-state index in [9.17, 15) is 0 Å². The average Bonchev–Trinajstić information content (AvgIpc) is 2.96. The minimum atomic E-state index is -0.121. The van der Waals surface area contributed by atoms with Crippen molar-refractivity contribution < 1.29 is 4.74 Å². The standard InChI is InChI=1S/C14H17N3O/c1-9-12(8-16-17(9)2)14(15)11-3-4-13-10(7-11)5-6-18-13/h3-4,7-8,14H,5-6,15H2,1-2H3. The van der Waals surface area contributed by atoms with Crippen LogP contribution < -0.4 is 10.5 Å². The Kier molecular flexibility index (Phi) is 2.59. The van der Waals surface area contributed by atoms with Gasteiger partial charge in [-0.1, -0.05) is 12.1 Å². The normalized spacial score (nSPS) is 15.3. The molecular formula is C14H17N3O. The van der Waals surface area contributed by atoms with E-state index in [1.165, 1.54) is 5.56 Å². The predicted molar refractivity (Wildman–Crippen MR) is 69.6 cm³/mol. The first-order valence-corrected chi connectivity index (χ1v) is 6.16. The van der Waals surface area contributed by atoms with Gasteiger partial charge in [0, 0.05) is 24.7 Å². The van der Waals surface area contributed by atoms with Gasteiger partial charge in [0.05, 0.1) is 18.8 Å². The van der Waals surface area contributed by atoms with Crippen molar-refractivity contribution in [3.8, 4) is 5.75 Å². The number of nitrogens with zero attached hydrogens (tertiary/aromatic N) is 2. The Morgan fingerprint density at radius 1 is 1.44 bits per heavy atom. The number of hydrogen-bond donors (Lipinski definition) is 1. The maximum atomic E-state index is 6.33. The van der Waals surface area contributed by atoms with Crippen molar-refractivity contribution in [2.24, 2.45) is 12.8 Å². The fourth-order valence-electron chi connectivity index (χ4n) is 2.40. The molecule has 0 amide bonds. The van der Waals surface area contributed by atoms with Crippen LogP contribution in [0.15, 0.2) is 24.4 Å². The summed E-state index contributed by atoms with van der Waals surface area (Å²) in [6, 6.07) is 6.09. The van der Waals surface area contributed by atoms with Crippen LogP contribution in [-0.4, -0.2) is 16.4 Å². The summed E-state index contributed by atoms with van der Waals surface area (Å²) in [5.41, 5.74) is 10.9. The highest BCUT2D eigenvalue weighted by molar-refractivity contribution is 5.43. The highest BCUT2D eigenvalue weighted by atomic mass is 16.5. The molecule has 2 heterocycles. The molecule has 3 rings (SSSR count). The summed E-state index contributed by atoms with van der Waals surface area (Å²) >= 11 is 0. The van der Waals surface area contributed by atoms with Crippen molar-refractivity contribution in [2.75, 3.05) is 6.61 Å². The molecule has 0 saturated carbocycles. The average molecular weight is 243 g/mol. The van der Waals surface area contributed by atoms with E-state index in [4.69, 9.17) is 10.5 Å². The van der Waals surface area contributed by atoms with E-state index in [2.05, 4.69) is 11.2 Å². The molecule has 94 valence electrons. The van der Waals surface area contributed by atoms with Crippen LogP contribution in [0.1, 0.15) is 28.4 Å². The highest BCUT2D eigenvalue weighted by Gasteiger charge is 2.18. The molecule has 0 spiro atoms. The van der Waals surface area contributed by atoms with E-state index < -0.39 is 0 Å². The third-order valence-corrected chi connectivity index (χ3v) is 3.68. The second-order valence-corrected chi connectivity index (χ2v) is 4.75. The van der Waals surface area contributed by atoms with Gasteiger partial charge in [-0.05, 0) is 24.1 Å². The summed E-state index contributed by atoms with van der Waals surface area (Å²) in [5.74, 6) is 0.994. The van der Waals surface area contributed by atoms with Crippen LogP contribution in [0.25, 0.3) is 0 Å². The number of rotatable bonds is 2. The zero-order valence-electron chi connectivity index (χ0n) is 10.7. The first-order chi connectivity index (χ1) is 8.66. The monoisotopic (exact) mass is 243 g/mol. The zero-order valence-corrected chi connectivity index (χ0v) is 10.7. The summed E-state index contributed by atoms with van der Waals surface area (Å²) in [6.07, 6.45) is 2.83. The van der Waals surface area contributed by atoms with E-state index in [0.29, 0.717) is 0 Å². The Morgan fingerprint density at radius 3 is 3.00 bits per heavy atom. The van der Waals surface area contributed by atoms with Crippen molar-refractivity contribution in [3.05, 3.63) is 46.8 Å². The number of ether oxygens (including phenoxy) is 1.